The second-order valence-electron chi connectivity index (χ2n) is 7.76. The monoisotopic (exact) mass is 410 g/mol. The number of hydrogen-bond donors (Lipinski definition) is 1. The van der Waals surface area contributed by atoms with Crippen LogP contribution in [0, 0.1) is 0 Å². The standard InChI is InChI=1S/C24H22N6O/c1-6-21-18(7-8-25-21)15-17(1)22-16-30-10-9-26-24(30)23(28-22)27-19-2-4-20(5-3-19)29-11-13-31-14-12-29/h1-6,8-10,15-16H,7,11-14H2,(H,27,28). The highest BCUT2D eigenvalue weighted by Gasteiger charge is 2.14. The second-order valence-corrected chi connectivity index (χ2v) is 7.76. The molecule has 0 atom stereocenters. The van der Waals surface area contributed by atoms with Crippen LogP contribution in [0.2, 0.25) is 0 Å². The van der Waals surface area contributed by atoms with E-state index in [1.807, 2.05) is 23.0 Å². The van der Waals surface area contributed by atoms with Crippen molar-refractivity contribution in [2.45, 2.75) is 6.42 Å². The number of fused-ring (bicyclic) bond motifs is 2. The lowest BCUT2D eigenvalue weighted by atomic mass is 10.1. The van der Waals surface area contributed by atoms with Crippen LogP contribution in [-0.2, 0) is 11.2 Å². The van der Waals surface area contributed by atoms with Gasteiger partial charge in [0, 0.05) is 61.3 Å². The Labute approximate surface area is 180 Å². The van der Waals surface area contributed by atoms with E-state index in [-0.39, 0.29) is 0 Å². The number of aromatic nitrogens is 3. The van der Waals surface area contributed by atoms with Gasteiger partial charge in [-0.25, -0.2) is 9.97 Å². The molecule has 0 aliphatic carbocycles. The number of morpholine rings is 1. The van der Waals surface area contributed by atoms with Crippen LogP contribution in [0.25, 0.3) is 16.9 Å². The lowest BCUT2D eigenvalue weighted by molar-refractivity contribution is 0.122. The van der Waals surface area contributed by atoms with Gasteiger partial charge in [-0.15, -0.1) is 0 Å². The van der Waals surface area contributed by atoms with Crippen molar-refractivity contribution in [2.24, 2.45) is 4.99 Å². The summed E-state index contributed by atoms with van der Waals surface area (Å²) in [5.74, 6) is 0.735. The highest BCUT2D eigenvalue weighted by atomic mass is 16.5. The van der Waals surface area contributed by atoms with E-state index >= 15 is 0 Å². The number of ether oxygens (including phenoxy) is 1. The molecule has 1 saturated heterocycles. The molecule has 1 fully saturated rings. The predicted octanol–water partition coefficient (Wildman–Crippen LogP) is 4.23. The molecule has 31 heavy (non-hydrogen) atoms. The van der Waals surface area contributed by atoms with Crippen molar-refractivity contribution in [3.8, 4) is 11.3 Å². The fourth-order valence-electron chi connectivity index (χ4n) is 4.15. The van der Waals surface area contributed by atoms with E-state index in [0.717, 1.165) is 66.8 Å². The summed E-state index contributed by atoms with van der Waals surface area (Å²) >= 11 is 0. The van der Waals surface area contributed by atoms with Gasteiger partial charge in [-0.3, -0.25) is 4.99 Å². The Morgan fingerprint density at radius 2 is 1.87 bits per heavy atom. The highest BCUT2D eigenvalue weighted by Crippen LogP contribution is 2.31. The molecule has 2 aromatic heterocycles. The van der Waals surface area contributed by atoms with Crippen LogP contribution in [0.1, 0.15) is 5.56 Å². The minimum Gasteiger partial charge on any atom is -0.378 e. The van der Waals surface area contributed by atoms with Crippen LogP contribution in [0.4, 0.5) is 22.9 Å². The molecule has 0 amide bonds. The van der Waals surface area contributed by atoms with Gasteiger partial charge in [-0.1, -0.05) is 6.07 Å². The maximum atomic E-state index is 5.45. The van der Waals surface area contributed by atoms with Gasteiger partial charge in [0.25, 0.3) is 0 Å². The summed E-state index contributed by atoms with van der Waals surface area (Å²) in [5.41, 5.74) is 7.24. The average Bonchev–Trinajstić information content (AvgIpc) is 3.49. The summed E-state index contributed by atoms with van der Waals surface area (Å²) in [6.07, 6.45) is 8.59. The lowest BCUT2D eigenvalue weighted by Gasteiger charge is -2.28. The molecule has 154 valence electrons. The predicted molar refractivity (Wildman–Crippen MR) is 123 cm³/mol. The number of aliphatic imine (C=N–C) groups is 1. The highest BCUT2D eigenvalue weighted by molar-refractivity contribution is 5.79. The van der Waals surface area contributed by atoms with Gasteiger partial charge in [0.1, 0.15) is 0 Å². The first-order valence-corrected chi connectivity index (χ1v) is 10.5. The third-order valence-corrected chi connectivity index (χ3v) is 5.80. The summed E-state index contributed by atoms with van der Waals surface area (Å²) in [5, 5.41) is 3.46. The van der Waals surface area contributed by atoms with Crippen molar-refractivity contribution < 1.29 is 4.74 Å². The number of anilines is 3. The summed E-state index contributed by atoms with van der Waals surface area (Å²) in [7, 11) is 0. The molecule has 6 rings (SSSR count). The molecule has 0 saturated carbocycles. The van der Waals surface area contributed by atoms with E-state index in [2.05, 4.69) is 62.7 Å². The molecule has 7 nitrogen and oxygen atoms in total. The summed E-state index contributed by atoms with van der Waals surface area (Å²) < 4.78 is 7.46. The van der Waals surface area contributed by atoms with Gasteiger partial charge < -0.3 is 19.4 Å². The van der Waals surface area contributed by atoms with Gasteiger partial charge in [-0.05, 0) is 42.0 Å². The quantitative estimate of drug-likeness (QED) is 0.545. The summed E-state index contributed by atoms with van der Waals surface area (Å²) in [6, 6.07) is 14.8. The zero-order valence-electron chi connectivity index (χ0n) is 17.0. The molecule has 2 aliphatic rings. The number of nitrogens with zero attached hydrogens (tertiary/aromatic N) is 5. The first kappa shape index (κ1) is 18.1. The van der Waals surface area contributed by atoms with Gasteiger partial charge >= 0.3 is 0 Å². The number of nitrogens with one attached hydrogen (secondary N) is 1. The van der Waals surface area contributed by atoms with Crippen molar-refractivity contribution in [3.63, 3.8) is 0 Å². The Hall–Kier alpha value is -3.71. The Kier molecular flexibility index (Phi) is 4.39. The molecule has 4 heterocycles. The van der Waals surface area contributed by atoms with Crippen LogP contribution in [-0.4, -0.2) is 46.9 Å². The third-order valence-electron chi connectivity index (χ3n) is 5.80. The van der Waals surface area contributed by atoms with Crippen molar-refractivity contribution >= 4 is 34.7 Å². The average molecular weight is 410 g/mol. The van der Waals surface area contributed by atoms with Crippen molar-refractivity contribution in [1.82, 2.24) is 14.4 Å². The SMILES string of the molecule is C1=Nc2ccc(-c3cn4ccnc4c(Nc4ccc(N5CCOCC5)cc4)n3)cc2C1. The van der Waals surface area contributed by atoms with Crippen LogP contribution >= 0.6 is 0 Å². The fraction of sp³-hybridized carbons (Fsp3) is 0.208. The zero-order valence-corrected chi connectivity index (χ0v) is 17.0. The Morgan fingerprint density at radius 1 is 1.00 bits per heavy atom. The van der Waals surface area contributed by atoms with E-state index < -0.39 is 0 Å². The molecule has 0 spiro atoms. The van der Waals surface area contributed by atoms with E-state index in [4.69, 9.17) is 9.72 Å². The molecule has 2 aromatic carbocycles. The summed E-state index contributed by atoms with van der Waals surface area (Å²) in [6.45, 7) is 3.42. The first-order chi connectivity index (χ1) is 15.3. The third kappa shape index (κ3) is 3.43. The van der Waals surface area contributed by atoms with Gasteiger partial charge in [0.05, 0.1) is 24.6 Å². The van der Waals surface area contributed by atoms with E-state index in [1.54, 1.807) is 6.20 Å². The molecular weight excluding hydrogens is 388 g/mol. The molecule has 7 heteroatoms. The van der Waals surface area contributed by atoms with Crippen LogP contribution in [0.3, 0.4) is 0 Å². The van der Waals surface area contributed by atoms with E-state index in [0.29, 0.717) is 0 Å². The molecule has 0 bridgehead atoms. The maximum Gasteiger partial charge on any atom is 0.180 e. The smallest absolute Gasteiger partial charge is 0.180 e. The van der Waals surface area contributed by atoms with Gasteiger partial charge in [0.15, 0.2) is 11.5 Å². The van der Waals surface area contributed by atoms with Gasteiger partial charge in [-0.2, -0.15) is 0 Å². The fourth-order valence-corrected chi connectivity index (χ4v) is 4.15. The Bertz CT molecular complexity index is 1270. The molecule has 2 aliphatic heterocycles. The van der Waals surface area contributed by atoms with Crippen LogP contribution in [0.5, 0.6) is 0 Å². The maximum absolute atomic E-state index is 5.45. The largest absolute Gasteiger partial charge is 0.378 e. The minimum atomic E-state index is 0.735. The second kappa shape index (κ2) is 7.52. The number of imidazole rings is 1. The molecule has 0 unspecified atom stereocenters. The Morgan fingerprint density at radius 3 is 2.74 bits per heavy atom. The first-order valence-electron chi connectivity index (χ1n) is 10.5. The molecule has 0 radical (unpaired) electrons. The van der Waals surface area contributed by atoms with Crippen molar-refractivity contribution in [3.05, 3.63) is 66.6 Å². The summed E-state index contributed by atoms with van der Waals surface area (Å²) in [4.78, 5) is 16.2. The minimum absolute atomic E-state index is 0.735. The zero-order chi connectivity index (χ0) is 20.6. The lowest BCUT2D eigenvalue weighted by Crippen LogP contribution is -2.36. The van der Waals surface area contributed by atoms with Gasteiger partial charge in [0.2, 0.25) is 0 Å². The normalized spacial score (nSPS) is 15.4. The molecule has 1 N–H and O–H groups in total. The van der Waals surface area contributed by atoms with Crippen molar-refractivity contribution in [1.29, 1.82) is 0 Å². The molecular formula is C24H22N6O. The number of hydrogen-bond acceptors (Lipinski definition) is 6. The van der Waals surface area contributed by atoms with E-state index in [1.165, 1.54) is 11.3 Å². The van der Waals surface area contributed by atoms with Crippen LogP contribution in [0.15, 0.2) is 66.0 Å². The van der Waals surface area contributed by atoms with Crippen molar-refractivity contribution in [2.75, 3.05) is 36.5 Å². The number of rotatable bonds is 4. The van der Waals surface area contributed by atoms with Crippen LogP contribution < -0.4 is 10.2 Å². The topological polar surface area (TPSA) is 67.0 Å². The molecule has 4 aromatic rings. The number of benzene rings is 2. The Balaban J connectivity index is 1.32. The van der Waals surface area contributed by atoms with E-state index in [9.17, 15) is 0 Å².